The highest BCUT2D eigenvalue weighted by Gasteiger charge is 2.25. The molecule has 1 aliphatic heterocycles. The maximum Gasteiger partial charge on any atom is 0.219 e. The maximum atomic E-state index is 11.9. The molecule has 1 N–H and O–H groups in total. The minimum atomic E-state index is 0.0656. The smallest absolute Gasteiger partial charge is 0.219 e. The van der Waals surface area contributed by atoms with Crippen LogP contribution < -0.4 is 5.32 Å². The molecule has 0 aliphatic carbocycles. The second kappa shape index (κ2) is 7.76. The van der Waals surface area contributed by atoms with Crippen molar-refractivity contribution < 1.29 is 4.79 Å². The van der Waals surface area contributed by atoms with Crippen LogP contribution in [0.3, 0.4) is 0 Å². The van der Waals surface area contributed by atoms with E-state index < -0.39 is 0 Å². The van der Waals surface area contributed by atoms with Crippen molar-refractivity contribution in [3.8, 4) is 11.5 Å². The fraction of sp³-hybridized carbons (Fsp3) is 0.273. The predicted molar refractivity (Wildman–Crippen MR) is 109 cm³/mol. The zero-order valence-electron chi connectivity index (χ0n) is 16.1. The van der Waals surface area contributed by atoms with Crippen molar-refractivity contribution in [1.29, 1.82) is 0 Å². The molecule has 4 rings (SSSR count). The van der Waals surface area contributed by atoms with Gasteiger partial charge in [0, 0.05) is 31.3 Å². The van der Waals surface area contributed by atoms with E-state index >= 15 is 0 Å². The number of rotatable bonds is 4. The van der Waals surface area contributed by atoms with Gasteiger partial charge in [0.1, 0.15) is 11.5 Å². The van der Waals surface area contributed by atoms with Crippen LogP contribution in [-0.2, 0) is 17.8 Å². The molecular formula is C22H23N5O. The highest BCUT2D eigenvalue weighted by atomic mass is 16.2. The van der Waals surface area contributed by atoms with Crippen LogP contribution in [0, 0.1) is 0 Å². The monoisotopic (exact) mass is 373 g/mol. The Kier molecular flexibility index (Phi) is 5.02. The summed E-state index contributed by atoms with van der Waals surface area (Å²) >= 11 is 0. The van der Waals surface area contributed by atoms with Gasteiger partial charge in [0.25, 0.3) is 0 Å². The molecule has 6 nitrogen and oxygen atoms in total. The van der Waals surface area contributed by atoms with Gasteiger partial charge in [-0.1, -0.05) is 36.4 Å². The number of hydrogen-bond acceptors (Lipinski definition) is 5. The number of fused-ring (bicyclic) bond motifs is 1. The van der Waals surface area contributed by atoms with Crippen LogP contribution in [0.2, 0.25) is 0 Å². The zero-order chi connectivity index (χ0) is 19.5. The highest BCUT2D eigenvalue weighted by molar-refractivity contribution is 5.74. The molecule has 0 radical (unpaired) electrons. The van der Waals surface area contributed by atoms with Crippen LogP contribution in [-0.4, -0.2) is 32.3 Å². The van der Waals surface area contributed by atoms with E-state index in [1.54, 1.807) is 13.1 Å². The van der Waals surface area contributed by atoms with E-state index in [9.17, 15) is 4.79 Å². The Labute approximate surface area is 164 Å². The lowest BCUT2D eigenvalue weighted by atomic mass is 10.0. The van der Waals surface area contributed by atoms with Crippen molar-refractivity contribution in [1.82, 2.24) is 19.9 Å². The molecule has 0 saturated carbocycles. The third kappa shape index (κ3) is 3.71. The summed E-state index contributed by atoms with van der Waals surface area (Å²) in [5, 5.41) is 3.56. The first-order chi connectivity index (χ1) is 13.6. The van der Waals surface area contributed by atoms with Gasteiger partial charge in [-0.25, -0.2) is 9.97 Å². The summed E-state index contributed by atoms with van der Waals surface area (Å²) in [7, 11) is 0. The molecule has 1 unspecified atom stereocenters. The van der Waals surface area contributed by atoms with Crippen LogP contribution in [0.25, 0.3) is 11.5 Å². The maximum absolute atomic E-state index is 11.9. The fourth-order valence-electron chi connectivity index (χ4n) is 3.46. The Morgan fingerprint density at radius 1 is 1.11 bits per heavy atom. The van der Waals surface area contributed by atoms with Crippen LogP contribution in [0.1, 0.15) is 36.7 Å². The first-order valence-electron chi connectivity index (χ1n) is 9.50. The van der Waals surface area contributed by atoms with E-state index in [1.807, 2.05) is 41.3 Å². The average Bonchev–Trinajstić information content (AvgIpc) is 2.74. The van der Waals surface area contributed by atoms with Crippen LogP contribution in [0.4, 0.5) is 5.82 Å². The molecule has 1 amide bonds. The summed E-state index contributed by atoms with van der Waals surface area (Å²) < 4.78 is 0. The number of amides is 1. The summed E-state index contributed by atoms with van der Waals surface area (Å²) in [5.41, 5.74) is 3.89. The van der Waals surface area contributed by atoms with Gasteiger partial charge < -0.3 is 10.2 Å². The van der Waals surface area contributed by atoms with Gasteiger partial charge in [-0.05, 0) is 31.0 Å². The van der Waals surface area contributed by atoms with Crippen LogP contribution >= 0.6 is 0 Å². The second-order valence-corrected chi connectivity index (χ2v) is 7.00. The lowest BCUT2D eigenvalue weighted by Gasteiger charge is -2.29. The van der Waals surface area contributed by atoms with Gasteiger partial charge in [0.15, 0.2) is 5.82 Å². The van der Waals surface area contributed by atoms with Crippen molar-refractivity contribution in [2.75, 3.05) is 11.9 Å². The highest BCUT2D eigenvalue weighted by Crippen LogP contribution is 2.29. The Morgan fingerprint density at radius 3 is 2.61 bits per heavy atom. The summed E-state index contributed by atoms with van der Waals surface area (Å²) in [6.45, 7) is 4.90. The molecule has 0 bridgehead atoms. The number of carbonyl (C=O) groups excluding carboxylic acids is 1. The molecule has 142 valence electrons. The summed E-state index contributed by atoms with van der Waals surface area (Å²) in [6, 6.07) is 16.1. The first kappa shape index (κ1) is 18.1. The van der Waals surface area contributed by atoms with Gasteiger partial charge in [0.2, 0.25) is 5.91 Å². The van der Waals surface area contributed by atoms with Gasteiger partial charge in [-0.2, -0.15) is 0 Å². The van der Waals surface area contributed by atoms with Crippen molar-refractivity contribution in [2.24, 2.45) is 0 Å². The number of anilines is 1. The standard InChI is InChI=1S/C22H23N5O/c1-15(17-8-4-3-5-9-17)24-21-18-11-13-27(16(2)28)14-20(18)25-22(26-21)19-10-6-7-12-23-19/h3-10,12,15H,11,13-14H2,1-2H3,(H,24,25,26). The van der Waals surface area contributed by atoms with E-state index in [0.29, 0.717) is 18.9 Å². The van der Waals surface area contributed by atoms with Gasteiger partial charge in [-0.15, -0.1) is 0 Å². The number of benzene rings is 1. The number of nitrogens with zero attached hydrogens (tertiary/aromatic N) is 4. The molecule has 0 spiro atoms. The number of carbonyl (C=O) groups is 1. The van der Waals surface area contributed by atoms with E-state index in [0.717, 1.165) is 29.2 Å². The Bertz CT molecular complexity index is 975. The van der Waals surface area contributed by atoms with Gasteiger partial charge >= 0.3 is 0 Å². The summed E-state index contributed by atoms with van der Waals surface area (Å²) in [5.74, 6) is 1.47. The lowest BCUT2D eigenvalue weighted by molar-refractivity contribution is -0.129. The lowest BCUT2D eigenvalue weighted by Crippen LogP contribution is -2.35. The number of nitrogens with one attached hydrogen (secondary N) is 1. The third-order valence-corrected chi connectivity index (χ3v) is 5.06. The van der Waals surface area contributed by atoms with Gasteiger partial charge in [0.05, 0.1) is 12.2 Å². The molecule has 1 atom stereocenters. The second-order valence-electron chi connectivity index (χ2n) is 7.00. The van der Waals surface area contributed by atoms with Crippen molar-refractivity contribution >= 4 is 11.7 Å². The summed E-state index contributed by atoms with van der Waals surface area (Å²) in [4.78, 5) is 27.6. The van der Waals surface area contributed by atoms with Crippen LogP contribution in [0.15, 0.2) is 54.7 Å². The largest absolute Gasteiger partial charge is 0.363 e. The molecule has 1 aliphatic rings. The zero-order valence-corrected chi connectivity index (χ0v) is 16.1. The molecule has 28 heavy (non-hydrogen) atoms. The summed E-state index contributed by atoms with van der Waals surface area (Å²) in [6.07, 6.45) is 2.47. The number of hydrogen-bond donors (Lipinski definition) is 1. The topological polar surface area (TPSA) is 71.0 Å². The predicted octanol–water partition coefficient (Wildman–Crippen LogP) is 3.62. The minimum Gasteiger partial charge on any atom is -0.363 e. The minimum absolute atomic E-state index is 0.0656. The first-order valence-corrected chi connectivity index (χ1v) is 9.50. The van der Waals surface area contributed by atoms with E-state index in [1.165, 1.54) is 5.56 Å². The Balaban J connectivity index is 1.74. The normalized spacial score (nSPS) is 14.3. The molecule has 6 heteroatoms. The number of pyridine rings is 1. The molecule has 3 heterocycles. The van der Waals surface area contributed by atoms with E-state index in [4.69, 9.17) is 9.97 Å². The Hall–Kier alpha value is -3.28. The number of aromatic nitrogens is 3. The van der Waals surface area contributed by atoms with Gasteiger partial charge in [-0.3, -0.25) is 9.78 Å². The Morgan fingerprint density at radius 2 is 1.89 bits per heavy atom. The van der Waals surface area contributed by atoms with Crippen molar-refractivity contribution in [2.45, 2.75) is 32.9 Å². The SMILES string of the molecule is CC(=O)N1CCc2c(nc(-c3ccccn3)nc2NC(C)c2ccccc2)C1. The fourth-order valence-corrected chi connectivity index (χ4v) is 3.46. The quantitative estimate of drug-likeness (QED) is 0.756. The van der Waals surface area contributed by atoms with E-state index in [-0.39, 0.29) is 11.9 Å². The molecule has 1 aromatic carbocycles. The van der Waals surface area contributed by atoms with Crippen LogP contribution in [0.5, 0.6) is 0 Å². The third-order valence-electron chi connectivity index (χ3n) is 5.06. The molecular weight excluding hydrogens is 350 g/mol. The van der Waals surface area contributed by atoms with E-state index in [2.05, 4.69) is 29.4 Å². The molecule has 3 aromatic rings. The average molecular weight is 373 g/mol. The van der Waals surface area contributed by atoms with Crippen molar-refractivity contribution in [3.05, 3.63) is 71.5 Å². The molecule has 2 aromatic heterocycles. The molecule has 0 fully saturated rings. The van der Waals surface area contributed by atoms with Crippen molar-refractivity contribution in [3.63, 3.8) is 0 Å². The molecule has 0 saturated heterocycles.